The topological polar surface area (TPSA) is 105 Å². The lowest BCUT2D eigenvalue weighted by molar-refractivity contribution is 0.0696. The Labute approximate surface area is 174 Å². The first-order valence-electron chi connectivity index (χ1n) is 9.43. The minimum atomic E-state index is -1.01. The van der Waals surface area contributed by atoms with Gasteiger partial charge in [0.2, 0.25) is 0 Å². The Kier molecular flexibility index (Phi) is 5.97. The third-order valence-electron chi connectivity index (χ3n) is 5.19. The Bertz CT molecular complexity index is 950. The van der Waals surface area contributed by atoms with Crippen molar-refractivity contribution in [1.29, 1.82) is 0 Å². The van der Waals surface area contributed by atoms with Crippen LogP contribution < -0.4 is 15.9 Å². The van der Waals surface area contributed by atoms with Gasteiger partial charge in [-0.2, -0.15) is 0 Å². The van der Waals surface area contributed by atoms with Gasteiger partial charge in [0.15, 0.2) is 0 Å². The van der Waals surface area contributed by atoms with Crippen LogP contribution in [0, 0.1) is 5.41 Å². The number of benzene rings is 1. The molecule has 0 unspecified atom stereocenters. The molecule has 2 aromatic rings. The molecule has 156 valence electrons. The SMILES string of the molecule is COc1ccc(C(=O)Nc2sc3c(c2C(=O)O)CC(C)(C)CC3)c(CN(C)N)c1. The molecule has 0 spiro atoms. The number of fused-ring (bicyclic) bond motifs is 1. The number of rotatable bonds is 6. The van der Waals surface area contributed by atoms with E-state index in [1.54, 1.807) is 32.4 Å². The molecule has 0 fully saturated rings. The summed E-state index contributed by atoms with van der Waals surface area (Å²) >= 11 is 1.37. The summed E-state index contributed by atoms with van der Waals surface area (Å²) in [5.74, 6) is 5.04. The van der Waals surface area contributed by atoms with Crippen molar-refractivity contribution in [2.75, 3.05) is 19.5 Å². The summed E-state index contributed by atoms with van der Waals surface area (Å²) < 4.78 is 5.25. The number of hydrogen-bond donors (Lipinski definition) is 3. The van der Waals surface area contributed by atoms with Crippen molar-refractivity contribution in [3.8, 4) is 5.75 Å². The molecular weight excluding hydrogens is 390 g/mol. The summed E-state index contributed by atoms with van der Waals surface area (Å²) in [4.78, 5) is 26.1. The Morgan fingerprint density at radius 1 is 1.38 bits per heavy atom. The molecule has 0 radical (unpaired) electrons. The molecule has 29 heavy (non-hydrogen) atoms. The van der Waals surface area contributed by atoms with Gasteiger partial charge in [-0.25, -0.2) is 9.80 Å². The number of amides is 1. The molecule has 8 heteroatoms. The van der Waals surface area contributed by atoms with Crippen molar-refractivity contribution in [3.63, 3.8) is 0 Å². The molecule has 1 heterocycles. The van der Waals surface area contributed by atoms with Gasteiger partial charge < -0.3 is 15.2 Å². The number of thiophene rings is 1. The Hall–Kier alpha value is -2.42. The highest BCUT2D eigenvalue weighted by molar-refractivity contribution is 7.17. The fourth-order valence-corrected chi connectivity index (χ4v) is 4.93. The molecular formula is C21H27N3O4S. The molecule has 1 aliphatic carbocycles. The number of nitrogens with one attached hydrogen (secondary N) is 1. The number of nitrogens with zero attached hydrogens (tertiary/aromatic N) is 1. The van der Waals surface area contributed by atoms with E-state index in [-0.39, 0.29) is 16.9 Å². The highest BCUT2D eigenvalue weighted by Gasteiger charge is 2.33. The Morgan fingerprint density at radius 3 is 2.72 bits per heavy atom. The van der Waals surface area contributed by atoms with Crippen LogP contribution in [0.15, 0.2) is 18.2 Å². The number of carboxylic acid groups (broad SMARTS) is 1. The van der Waals surface area contributed by atoms with Crippen LogP contribution >= 0.6 is 11.3 Å². The summed E-state index contributed by atoms with van der Waals surface area (Å²) in [6.45, 7) is 4.63. The van der Waals surface area contributed by atoms with Crippen LogP contribution in [0.1, 0.15) is 57.0 Å². The number of carbonyl (C=O) groups excluding carboxylic acids is 1. The molecule has 1 aromatic carbocycles. The first-order chi connectivity index (χ1) is 13.6. The zero-order chi connectivity index (χ0) is 21.3. The maximum atomic E-state index is 13.0. The summed E-state index contributed by atoms with van der Waals surface area (Å²) in [6.07, 6.45) is 2.52. The van der Waals surface area contributed by atoms with E-state index in [0.717, 1.165) is 23.3 Å². The fourth-order valence-electron chi connectivity index (χ4n) is 3.72. The van der Waals surface area contributed by atoms with Crippen molar-refractivity contribution in [3.05, 3.63) is 45.3 Å². The van der Waals surface area contributed by atoms with Crippen LogP contribution in [0.2, 0.25) is 0 Å². The van der Waals surface area contributed by atoms with Crippen LogP contribution in [0.3, 0.4) is 0 Å². The average Bonchev–Trinajstić information content (AvgIpc) is 2.96. The first kappa shape index (κ1) is 21.3. The third kappa shape index (κ3) is 4.60. The van der Waals surface area contributed by atoms with Gasteiger partial charge in [0.05, 0.1) is 12.7 Å². The lowest BCUT2D eigenvalue weighted by atomic mass is 9.76. The third-order valence-corrected chi connectivity index (χ3v) is 6.40. The minimum absolute atomic E-state index is 0.0500. The zero-order valence-corrected chi connectivity index (χ0v) is 18.0. The lowest BCUT2D eigenvalue weighted by Gasteiger charge is -2.29. The van der Waals surface area contributed by atoms with Gasteiger partial charge in [-0.05, 0) is 54.0 Å². The maximum Gasteiger partial charge on any atom is 0.339 e. The number of carbonyl (C=O) groups is 2. The summed E-state index contributed by atoms with van der Waals surface area (Å²) in [5.41, 5.74) is 2.26. The van der Waals surface area contributed by atoms with Gasteiger partial charge in [0, 0.05) is 24.0 Å². The molecule has 0 bridgehead atoms. The number of aryl methyl sites for hydroxylation is 1. The molecule has 4 N–H and O–H groups in total. The van der Waals surface area contributed by atoms with Crippen molar-refractivity contribution >= 4 is 28.2 Å². The number of anilines is 1. The van der Waals surface area contributed by atoms with E-state index in [1.165, 1.54) is 16.3 Å². The predicted octanol–water partition coefficient (Wildman–Crippen LogP) is 3.53. The monoisotopic (exact) mass is 417 g/mol. The fraction of sp³-hybridized carbons (Fsp3) is 0.429. The number of aromatic carboxylic acids is 1. The van der Waals surface area contributed by atoms with Crippen LogP contribution in [-0.2, 0) is 19.4 Å². The standard InChI is InChI=1S/C21H27N3O4S/c1-21(2)8-7-16-15(10-21)17(20(26)27)19(29-16)23-18(25)14-6-5-13(28-4)9-12(14)11-24(3)22/h5-6,9H,7-8,10-11,22H2,1-4H3,(H,23,25)(H,26,27). The van der Waals surface area contributed by atoms with E-state index in [4.69, 9.17) is 10.6 Å². The number of carboxylic acids is 1. The number of methoxy groups -OCH3 is 1. The summed E-state index contributed by atoms with van der Waals surface area (Å²) in [5, 5.41) is 14.5. The molecule has 1 aliphatic rings. The van der Waals surface area contributed by atoms with E-state index >= 15 is 0 Å². The highest BCUT2D eigenvalue weighted by atomic mass is 32.1. The zero-order valence-electron chi connectivity index (χ0n) is 17.2. The van der Waals surface area contributed by atoms with E-state index in [0.29, 0.717) is 34.8 Å². The van der Waals surface area contributed by atoms with E-state index in [2.05, 4.69) is 19.2 Å². The molecule has 0 atom stereocenters. The van der Waals surface area contributed by atoms with E-state index < -0.39 is 5.97 Å². The second-order valence-corrected chi connectivity index (χ2v) is 9.35. The maximum absolute atomic E-state index is 13.0. The van der Waals surface area contributed by atoms with Crippen LogP contribution in [0.25, 0.3) is 0 Å². The Morgan fingerprint density at radius 2 is 2.10 bits per heavy atom. The van der Waals surface area contributed by atoms with Gasteiger partial charge in [-0.3, -0.25) is 10.6 Å². The molecule has 7 nitrogen and oxygen atoms in total. The normalized spacial score (nSPS) is 15.1. The highest BCUT2D eigenvalue weighted by Crippen LogP contribution is 2.44. The second kappa shape index (κ2) is 8.14. The van der Waals surface area contributed by atoms with Gasteiger partial charge in [0.1, 0.15) is 10.8 Å². The van der Waals surface area contributed by atoms with Crippen LogP contribution in [-0.4, -0.2) is 36.1 Å². The second-order valence-electron chi connectivity index (χ2n) is 8.25. The van der Waals surface area contributed by atoms with E-state index in [1.807, 2.05) is 0 Å². The van der Waals surface area contributed by atoms with Gasteiger partial charge in [-0.15, -0.1) is 11.3 Å². The number of hydrogen-bond acceptors (Lipinski definition) is 6. The van der Waals surface area contributed by atoms with Gasteiger partial charge in [0.25, 0.3) is 5.91 Å². The van der Waals surface area contributed by atoms with Crippen molar-refractivity contribution < 1.29 is 19.4 Å². The van der Waals surface area contributed by atoms with Gasteiger partial charge in [-0.1, -0.05) is 13.8 Å². The quantitative estimate of drug-likeness (QED) is 0.491. The molecule has 0 saturated carbocycles. The predicted molar refractivity (Wildman–Crippen MR) is 114 cm³/mol. The lowest BCUT2D eigenvalue weighted by Crippen LogP contribution is -2.27. The molecule has 0 saturated heterocycles. The van der Waals surface area contributed by atoms with Crippen LogP contribution in [0.5, 0.6) is 5.75 Å². The van der Waals surface area contributed by atoms with Crippen LogP contribution in [0.4, 0.5) is 5.00 Å². The summed E-state index contributed by atoms with van der Waals surface area (Å²) in [6, 6.07) is 5.14. The van der Waals surface area contributed by atoms with Crippen molar-refractivity contribution in [1.82, 2.24) is 5.01 Å². The number of hydrazine groups is 1. The van der Waals surface area contributed by atoms with Gasteiger partial charge >= 0.3 is 5.97 Å². The van der Waals surface area contributed by atoms with E-state index in [9.17, 15) is 14.7 Å². The molecule has 1 aromatic heterocycles. The summed E-state index contributed by atoms with van der Waals surface area (Å²) in [7, 11) is 3.26. The molecule has 3 rings (SSSR count). The van der Waals surface area contributed by atoms with Crippen molar-refractivity contribution in [2.45, 2.75) is 39.7 Å². The Balaban J connectivity index is 1.96. The average molecular weight is 418 g/mol. The largest absolute Gasteiger partial charge is 0.497 e. The molecule has 0 aliphatic heterocycles. The number of ether oxygens (including phenoxy) is 1. The molecule has 1 amide bonds. The number of nitrogens with two attached hydrogens (primary N) is 1. The smallest absolute Gasteiger partial charge is 0.339 e. The minimum Gasteiger partial charge on any atom is -0.497 e. The van der Waals surface area contributed by atoms with Crippen molar-refractivity contribution in [2.24, 2.45) is 11.3 Å². The first-order valence-corrected chi connectivity index (χ1v) is 10.2.